The van der Waals surface area contributed by atoms with Gasteiger partial charge in [-0.15, -0.1) is 0 Å². The number of Topliss-reactive ketones (excluding diaryl/α,β-unsaturated/α-hetero) is 1. The molecule has 1 rings (SSSR count). The third kappa shape index (κ3) is 4.28. The van der Waals surface area contributed by atoms with Crippen LogP contribution in [0.15, 0.2) is 0 Å². The van der Waals surface area contributed by atoms with Crippen LogP contribution in [0.1, 0.15) is 26.2 Å². The first-order chi connectivity index (χ1) is 7.65. The van der Waals surface area contributed by atoms with Crippen molar-refractivity contribution in [1.82, 2.24) is 5.32 Å². The number of hydrogen-bond donors (Lipinski definition) is 1. The van der Waals surface area contributed by atoms with Crippen molar-refractivity contribution >= 4 is 11.8 Å². The van der Waals surface area contributed by atoms with Crippen molar-refractivity contribution in [3.05, 3.63) is 0 Å². The van der Waals surface area contributed by atoms with Crippen LogP contribution in [0.3, 0.4) is 0 Å². The van der Waals surface area contributed by atoms with Crippen molar-refractivity contribution < 1.29 is 19.1 Å². The van der Waals surface area contributed by atoms with Gasteiger partial charge in [0.25, 0.3) is 0 Å². The zero-order valence-corrected chi connectivity index (χ0v) is 9.82. The minimum Gasteiger partial charge on any atom is -0.466 e. The molecule has 5 nitrogen and oxygen atoms in total. The highest BCUT2D eigenvalue weighted by Gasteiger charge is 2.26. The molecule has 0 saturated carbocycles. The highest BCUT2D eigenvalue weighted by molar-refractivity contribution is 5.95. The molecule has 16 heavy (non-hydrogen) atoms. The third-order valence-electron chi connectivity index (χ3n) is 2.64. The maximum absolute atomic E-state index is 11.5. The first-order valence-corrected chi connectivity index (χ1v) is 5.59. The molecular weight excluding hydrogens is 210 g/mol. The van der Waals surface area contributed by atoms with Gasteiger partial charge in [-0.25, -0.2) is 0 Å². The summed E-state index contributed by atoms with van der Waals surface area (Å²) in [6, 6.07) is 0.131. The predicted molar refractivity (Wildman–Crippen MR) is 58.1 cm³/mol. The van der Waals surface area contributed by atoms with Gasteiger partial charge in [-0.2, -0.15) is 0 Å². The average molecular weight is 229 g/mol. The van der Waals surface area contributed by atoms with E-state index in [1.54, 1.807) is 14.0 Å². The molecule has 1 N–H and O–H groups in total. The number of hydrogen-bond acceptors (Lipinski definition) is 5. The summed E-state index contributed by atoms with van der Waals surface area (Å²) in [5, 5.41) is 3.20. The topological polar surface area (TPSA) is 64.6 Å². The van der Waals surface area contributed by atoms with E-state index < -0.39 is 5.97 Å². The van der Waals surface area contributed by atoms with Gasteiger partial charge in [0.05, 0.1) is 12.7 Å². The molecule has 0 radical (unpaired) electrons. The van der Waals surface area contributed by atoms with Crippen LogP contribution < -0.4 is 5.32 Å². The summed E-state index contributed by atoms with van der Waals surface area (Å²) in [5.41, 5.74) is 0. The minimum atomic E-state index is -0.436. The Morgan fingerprint density at radius 1 is 1.44 bits per heavy atom. The second-order valence-corrected chi connectivity index (χ2v) is 3.92. The van der Waals surface area contributed by atoms with Gasteiger partial charge in [0.2, 0.25) is 0 Å². The van der Waals surface area contributed by atoms with Gasteiger partial charge < -0.3 is 14.8 Å². The van der Waals surface area contributed by atoms with E-state index >= 15 is 0 Å². The van der Waals surface area contributed by atoms with Crippen LogP contribution in [-0.2, 0) is 19.1 Å². The second-order valence-electron chi connectivity index (χ2n) is 3.92. The van der Waals surface area contributed by atoms with E-state index in [-0.39, 0.29) is 24.3 Å². The maximum atomic E-state index is 11.5. The zero-order chi connectivity index (χ0) is 12.0. The Morgan fingerprint density at radius 2 is 2.19 bits per heavy atom. The molecule has 5 heteroatoms. The van der Waals surface area contributed by atoms with Gasteiger partial charge in [-0.05, 0) is 13.3 Å². The molecule has 0 spiro atoms. The van der Waals surface area contributed by atoms with Crippen LogP contribution in [0.25, 0.3) is 0 Å². The number of carbonyl (C=O) groups excluding carboxylic acids is 2. The smallest absolute Gasteiger partial charge is 0.313 e. The molecule has 2 atom stereocenters. The number of carbonyl (C=O) groups is 2. The second kappa shape index (κ2) is 6.60. The lowest BCUT2D eigenvalue weighted by molar-refractivity contribution is -0.145. The Balaban J connectivity index is 2.22. The summed E-state index contributed by atoms with van der Waals surface area (Å²) < 4.78 is 9.89. The molecule has 0 aromatic heterocycles. The molecule has 1 fully saturated rings. The molecule has 0 amide bonds. The molecular formula is C11H19NO4. The van der Waals surface area contributed by atoms with Crippen LogP contribution in [-0.4, -0.2) is 44.2 Å². The molecule has 0 aromatic carbocycles. The predicted octanol–water partition coefficient (Wildman–Crippen LogP) is 0.276. The van der Waals surface area contributed by atoms with Crippen LogP contribution in [0.2, 0.25) is 0 Å². The van der Waals surface area contributed by atoms with Crippen LogP contribution in [0.4, 0.5) is 0 Å². The molecule has 0 aromatic rings. The first kappa shape index (κ1) is 13.1. The summed E-state index contributed by atoms with van der Waals surface area (Å²) >= 11 is 0. The molecule has 0 bridgehead atoms. The Morgan fingerprint density at radius 3 is 2.75 bits per heavy atom. The monoisotopic (exact) mass is 229 g/mol. The Hall–Kier alpha value is -0.940. The number of nitrogens with one attached hydrogen (secondary N) is 1. The van der Waals surface area contributed by atoms with E-state index in [2.05, 4.69) is 5.32 Å². The Kier molecular flexibility index (Phi) is 5.42. The fraction of sp³-hybridized carbons (Fsp3) is 0.818. The maximum Gasteiger partial charge on any atom is 0.313 e. The van der Waals surface area contributed by atoms with Crippen molar-refractivity contribution in [3.63, 3.8) is 0 Å². The van der Waals surface area contributed by atoms with Crippen molar-refractivity contribution in [2.75, 3.05) is 20.3 Å². The lowest BCUT2D eigenvalue weighted by atomic mass is 10.1. The molecule has 2 unspecified atom stereocenters. The van der Waals surface area contributed by atoms with E-state index in [0.717, 1.165) is 13.0 Å². The van der Waals surface area contributed by atoms with E-state index in [1.807, 2.05) is 0 Å². The van der Waals surface area contributed by atoms with Gasteiger partial charge in [0.1, 0.15) is 12.2 Å². The number of esters is 1. The van der Waals surface area contributed by atoms with Crippen LogP contribution >= 0.6 is 0 Å². The molecule has 1 aliphatic rings. The summed E-state index contributed by atoms with van der Waals surface area (Å²) in [6.07, 6.45) is 1.26. The number of ether oxygens (including phenoxy) is 2. The van der Waals surface area contributed by atoms with Crippen molar-refractivity contribution in [1.29, 1.82) is 0 Å². The normalized spacial score (nSPS) is 24.4. The van der Waals surface area contributed by atoms with Crippen molar-refractivity contribution in [2.24, 2.45) is 0 Å². The summed E-state index contributed by atoms with van der Waals surface area (Å²) in [7, 11) is 1.66. The first-order valence-electron chi connectivity index (χ1n) is 5.59. The molecule has 1 aliphatic heterocycles. The Labute approximate surface area is 95.5 Å². The zero-order valence-electron chi connectivity index (χ0n) is 9.82. The highest BCUT2D eigenvalue weighted by Crippen LogP contribution is 2.13. The summed E-state index contributed by atoms with van der Waals surface area (Å²) in [4.78, 5) is 22.6. The molecule has 1 saturated heterocycles. The van der Waals surface area contributed by atoms with Gasteiger partial charge in [0, 0.05) is 26.1 Å². The van der Waals surface area contributed by atoms with Gasteiger partial charge in [-0.1, -0.05) is 0 Å². The van der Waals surface area contributed by atoms with E-state index in [9.17, 15) is 9.59 Å². The number of methoxy groups -OCH3 is 1. The summed E-state index contributed by atoms with van der Waals surface area (Å²) in [5.74, 6) is -0.513. The van der Waals surface area contributed by atoms with Gasteiger partial charge in [0.15, 0.2) is 0 Å². The van der Waals surface area contributed by atoms with Crippen molar-refractivity contribution in [3.8, 4) is 0 Å². The van der Waals surface area contributed by atoms with Crippen LogP contribution in [0, 0.1) is 0 Å². The lowest BCUT2D eigenvalue weighted by Gasteiger charge is -2.08. The van der Waals surface area contributed by atoms with Gasteiger partial charge in [-0.3, -0.25) is 9.59 Å². The SMILES string of the molecule is CCOC(=O)CC(=O)CC1CC(OC)CN1. The highest BCUT2D eigenvalue weighted by atomic mass is 16.5. The van der Waals surface area contributed by atoms with E-state index in [1.165, 1.54) is 0 Å². The standard InChI is InChI=1S/C11H19NO4/c1-3-16-11(14)6-9(13)4-8-5-10(15-2)7-12-8/h8,10,12H,3-7H2,1-2H3. The van der Waals surface area contributed by atoms with E-state index in [0.29, 0.717) is 13.0 Å². The van der Waals surface area contributed by atoms with Gasteiger partial charge >= 0.3 is 5.97 Å². The summed E-state index contributed by atoms with van der Waals surface area (Å²) in [6.45, 7) is 2.82. The fourth-order valence-electron chi connectivity index (χ4n) is 1.84. The quantitative estimate of drug-likeness (QED) is 0.523. The average Bonchev–Trinajstić information content (AvgIpc) is 2.65. The number of ketones is 1. The third-order valence-corrected chi connectivity index (χ3v) is 2.64. The lowest BCUT2D eigenvalue weighted by Crippen LogP contribution is -2.25. The van der Waals surface area contributed by atoms with Crippen molar-refractivity contribution in [2.45, 2.75) is 38.3 Å². The molecule has 1 heterocycles. The largest absolute Gasteiger partial charge is 0.466 e. The molecule has 92 valence electrons. The van der Waals surface area contributed by atoms with E-state index in [4.69, 9.17) is 9.47 Å². The molecule has 0 aliphatic carbocycles. The fourth-order valence-corrected chi connectivity index (χ4v) is 1.84. The van der Waals surface area contributed by atoms with Crippen LogP contribution in [0.5, 0.6) is 0 Å². The number of rotatable bonds is 6. The minimum absolute atomic E-state index is 0.0762. The Bertz CT molecular complexity index is 254.